The van der Waals surface area contributed by atoms with Crippen molar-refractivity contribution in [3.8, 4) is 0 Å². The van der Waals surface area contributed by atoms with E-state index in [0.29, 0.717) is 6.61 Å². The van der Waals surface area contributed by atoms with Gasteiger partial charge in [0.2, 0.25) is 0 Å². The molecule has 0 heterocycles. The molecular weight excluding hydrogens is 214 g/mol. The summed E-state index contributed by atoms with van der Waals surface area (Å²) in [5.41, 5.74) is 0.940. The molecule has 0 aromatic heterocycles. The summed E-state index contributed by atoms with van der Waals surface area (Å²) in [7, 11) is 0. The predicted molar refractivity (Wildman–Crippen MR) is 69.9 cm³/mol. The summed E-state index contributed by atoms with van der Waals surface area (Å²) in [5.74, 6) is -0.375. The Hall–Kier alpha value is -1.77. The lowest BCUT2D eigenvalue weighted by atomic mass is 10.0. The Morgan fingerprint density at radius 3 is 2.65 bits per heavy atom. The van der Waals surface area contributed by atoms with E-state index in [1.807, 2.05) is 30.3 Å². The van der Waals surface area contributed by atoms with Crippen LogP contribution >= 0.6 is 0 Å². The van der Waals surface area contributed by atoms with E-state index < -0.39 is 0 Å². The number of hydrogen-bond donors (Lipinski definition) is 1. The number of rotatable bonds is 6. The molecule has 0 spiro atoms. The van der Waals surface area contributed by atoms with Crippen molar-refractivity contribution in [2.75, 3.05) is 11.9 Å². The molecule has 0 aliphatic rings. The van der Waals surface area contributed by atoms with Crippen LogP contribution in [0.2, 0.25) is 0 Å². The summed E-state index contributed by atoms with van der Waals surface area (Å²) < 4.78 is 4.97. The van der Waals surface area contributed by atoms with Crippen LogP contribution in [-0.4, -0.2) is 18.1 Å². The van der Waals surface area contributed by atoms with Gasteiger partial charge in [0.25, 0.3) is 0 Å². The molecule has 1 rings (SSSR count). The van der Waals surface area contributed by atoms with Crippen LogP contribution in [0.5, 0.6) is 0 Å². The maximum absolute atomic E-state index is 10.9. The fourth-order valence-electron chi connectivity index (χ4n) is 1.44. The molecule has 1 N–H and O–H groups in total. The highest BCUT2D eigenvalue weighted by Gasteiger charge is 2.17. The Morgan fingerprint density at radius 1 is 1.41 bits per heavy atom. The number of esters is 1. The molecular formula is C14H19NO2. The Bertz CT molecular complexity index is 371. The molecule has 0 aliphatic heterocycles. The summed E-state index contributed by atoms with van der Waals surface area (Å²) in [6.45, 7) is 7.88. The highest BCUT2D eigenvalue weighted by atomic mass is 16.5. The largest absolute Gasteiger partial charge is 0.462 e. The number of ether oxygens (including phenoxy) is 1. The summed E-state index contributed by atoms with van der Waals surface area (Å²) in [5, 5.41) is 3.39. The van der Waals surface area contributed by atoms with Gasteiger partial charge in [-0.1, -0.05) is 24.8 Å². The number of anilines is 1. The van der Waals surface area contributed by atoms with Crippen molar-refractivity contribution in [3.63, 3.8) is 0 Å². The fraction of sp³-hybridized carbons (Fsp3) is 0.357. The second kappa shape index (κ2) is 6.09. The van der Waals surface area contributed by atoms with E-state index >= 15 is 0 Å². The predicted octanol–water partition coefficient (Wildman–Crippen LogP) is 3.00. The third-order valence-electron chi connectivity index (χ3n) is 2.39. The van der Waals surface area contributed by atoms with Crippen molar-refractivity contribution in [1.29, 1.82) is 0 Å². The lowest BCUT2D eigenvalue weighted by Crippen LogP contribution is -2.32. The molecule has 0 bridgehead atoms. The molecule has 0 saturated heterocycles. The third kappa shape index (κ3) is 5.20. The quantitative estimate of drug-likeness (QED) is 0.606. The van der Waals surface area contributed by atoms with Crippen LogP contribution in [-0.2, 0) is 9.53 Å². The number of benzene rings is 1. The van der Waals surface area contributed by atoms with E-state index in [9.17, 15) is 4.79 Å². The van der Waals surface area contributed by atoms with Crippen LogP contribution in [0.1, 0.15) is 20.3 Å². The Balaban J connectivity index is 2.41. The number of carbonyl (C=O) groups is 1. The minimum atomic E-state index is -0.375. The van der Waals surface area contributed by atoms with Gasteiger partial charge >= 0.3 is 5.97 Å². The average molecular weight is 233 g/mol. The number of carbonyl (C=O) groups excluding carboxylic acids is 1. The Kier molecular flexibility index (Phi) is 4.76. The first-order valence-electron chi connectivity index (χ1n) is 5.66. The van der Waals surface area contributed by atoms with Crippen molar-refractivity contribution in [2.45, 2.75) is 25.8 Å². The van der Waals surface area contributed by atoms with Crippen molar-refractivity contribution >= 4 is 11.7 Å². The molecule has 0 atom stereocenters. The zero-order valence-corrected chi connectivity index (χ0v) is 10.4. The second-order valence-electron chi connectivity index (χ2n) is 4.50. The summed E-state index contributed by atoms with van der Waals surface area (Å²) >= 11 is 0. The first-order valence-corrected chi connectivity index (χ1v) is 5.66. The lowest BCUT2D eigenvalue weighted by molar-refractivity contribution is -0.138. The molecule has 17 heavy (non-hydrogen) atoms. The molecule has 0 radical (unpaired) electrons. The smallest absolute Gasteiger partial charge is 0.330 e. The average Bonchev–Trinajstić information content (AvgIpc) is 2.29. The van der Waals surface area contributed by atoms with E-state index in [-0.39, 0.29) is 11.5 Å². The van der Waals surface area contributed by atoms with Gasteiger partial charge in [-0.25, -0.2) is 4.79 Å². The number of nitrogens with one attached hydrogen (secondary N) is 1. The highest BCUT2D eigenvalue weighted by molar-refractivity contribution is 5.81. The topological polar surface area (TPSA) is 38.3 Å². The summed E-state index contributed by atoms with van der Waals surface area (Å²) in [6, 6.07) is 9.96. The highest BCUT2D eigenvalue weighted by Crippen LogP contribution is 2.17. The fourth-order valence-corrected chi connectivity index (χ4v) is 1.44. The first kappa shape index (κ1) is 13.3. The van der Waals surface area contributed by atoms with Gasteiger partial charge in [-0.3, -0.25) is 0 Å². The van der Waals surface area contributed by atoms with Gasteiger partial charge in [-0.2, -0.15) is 0 Å². The number of para-hydroxylation sites is 1. The zero-order valence-electron chi connectivity index (χ0n) is 10.4. The lowest BCUT2D eigenvalue weighted by Gasteiger charge is -2.27. The van der Waals surface area contributed by atoms with E-state index in [4.69, 9.17) is 4.74 Å². The van der Waals surface area contributed by atoms with Crippen LogP contribution < -0.4 is 5.32 Å². The van der Waals surface area contributed by atoms with E-state index in [1.165, 1.54) is 6.08 Å². The number of hydrogen-bond acceptors (Lipinski definition) is 3. The Labute approximate surface area is 102 Å². The molecule has 1 aromatic carbocycles. The minimum Gasteiger partial charge on any atom is -0.462 e. The van der Waals surface area contributed by atoms with Gasteiger partial charge in [0.05, 0.1) is 6.61 Å². The standard InChI is InChI=1S/C14H19NO2/c1-4-13(16)17-11-10-14(2,3)15-12-8-6-5-7-9-12/h4-9,15H,1,10-11H2,2-3H3. The molecule has 92 valence electrons. The van der Waals surface area contributed by atoms with E-state index in [1.54, 1.807) is 0 Å². The summed E-state index contributed by atoms with van der Waals surface area (Å²) in [4.78, 5) is 10.9. The Morgan fingerprint density at radius 2 is 2.06 bits per heavy atom. The van der Waals surface area contributed by atoms with Gasteiger partial charge in [0, 0.05) is 23.7 Å². The molecule has 3 heteroatoms. The van der Waals surface area contributed by atoms with Gasteiger partial charge in [0.1, 0.15) is 0 Å². The maximum Gasteiger partial charge on any atom is 0.330 e. The van der Waals surface area contributed by atoms with Crippen molar-refractivity contribution in [2.24, 2.45) is 0 Å². The SMILES string of the molecule is C=CC(=O)OCCC(C)(C)Nc1ccccc1. The minimum absolute atomic E-state index is 0.122. The molecule has 0 aliphatic carbocycles. The molecule has 0 amide bonds. The van der Waals surface area contributed by atoms with Crippen LogP contribution in [0.4, 0.5) is 5.69 Å². The molecule has 0 fully saturated rings. The summed E-state index contributed by atoms with van der Waals surface area (Å²) in [6.07, 6.45) is 1.92. The molecule has 0 unspecified atom stereocenters. The van der Waals surface area contributed by atoms with Crippen LogP contribution in [0.15, 0.2) is 43.0 Å². The maximum atomic E-state index is 10.9. The van der Waals surface area contributed by atoms with Crippen molar-refractivity contribution < 1.29 is 9.53 Å². The van der Waals surface area contributed by atoms with Gasteiger partial charge in [-0.05, 0) is 26.0 Å². The van der Waals surface area contributed by atoms with Crippen LogP contribution in [0.3, 0.4) is 0 Å². The monoisotopic (exact) mass is 233 g/mol. The van der Waals surface area contributed by atoms with Gasteiger partial charge < -0.3 is 10.1 Å². The van der Waals surface area contributed by atoms with E-state index in [0.717, 1.165) is 12.1 Å². The van der Waals surface area contributed by atoms with Crippen LogP contribution in [0.25, 0.3) is 0 Å². The van der Waals surface area contributed by atoms with Crippen LogP contribution in [0, 0.1) is 0 Å². The molecule has 1 aromatic rings. The van der Waals surface area contributed by atoms with Crippen molar-refractivity contribution in [1.82, 2.24) is 0 Å². The molecule has 3 nitrogen and oxygen atoms in total. The second-order valence-corrected chi connectivity index (χ2v) is 4.50. The van der Waals surface area contributed by atoms with E-state index in [2.05, 4.69) is 25.7 Å². The van der Waals surface area contributed by atoms with Gasteiger partial charge in [-0.15, -0.1) is 0 Å². The zero-order chi connectivity index (χ0) is 12.7. The van der Waals surface area contributed by atoms with Gasteiger partial charge in [0.15, 0.2) is 0 Å². The third-order valence-corrected chi connectivity index (χ3v) is 2.39. The molecule has 0 saturated carbocycles. The first-order chi connectivity index (χ1) is 8.03. The normalized spacial score (nSPS) is 10.7. The van der Waals surface area contributed by atoms with Crippen molar-refractivity contribution in [3.05, 3.63) is 43.0 Å².